The molecule has 0 unspecified atom stereocenters. The minimum absolute atomic E-state index is 0.0767. The first-order chi connectivity index (χ1) is 16.9. The molecule has 0 radical (unpaired) electrons. The summed E-state index contributed by atoms with van der Waals surface area (Å²) in [4.78, 5) is 38.1. The number of fused-ring (bicyclic) bond motifs is 1. The number of ether oxygens (including phenoxy) is 2. The van der Waals surface area contributed by atoms with Crippen molar-refractivity contribution in [2.75, 3.05) is 45.7 Å². The molecule has 1 aromatic carbocycles. The van der Waals surface area contributed by atoms with Crippen LogP contribution in [0.25, 0.3) is 0 Å². The van der Waals surface area contributed by atoms with Gasteiger partial charge in [0.15, 0.2) is 0 Å². The van der Waals surface area contributed by atoms with Gasteiger partial charge in [-0.15, -0.1) is 0 Å². The molecular weight excluding hydrogens is 446 g/mol. The van der Waals surface area contributed by atoms with Gasteiger partial charge >= 0.3 is 0 Å². The monoisotopic (exact) mass is 481 g/mol. The first kappa shape index (κ1) is 25.1. The summed E-state index contributed by atoms with van der Waals surface area (Å²) in [6.07, 6.45) is 6.86. The van der Waals surface area contributed by atoms with Gasteiger partial charge in [0.25, 0.3) is 11.8 Å². The van der Waals surface area contributed by atoms with Crippen molar-refractivity contribution in [3.8, 4) is 5.75 Å². The van der Waals surface area contributed by atoms with Crippen LogP contribution in [0.3, 0.4) is 0 Å². The Bertz CT molecular complexity index is 1030. The molecule has 0 saturated heterocycles. The highest BCUT2D eigenvalue weighted by atomic mass is 16.5. The second-order valence-corrected chi connectivity index (χ2v) is 9.75. The average Bonchev–Trinajstić information content (AvgIpc) is 3.69. The standard InChI is InChI=1S/C26H35N5O4/c1-17-13-31(14-19-5-6-19)18(2)16-35-23-11-20(29-25(32)22-12-27-9-10-28-22)7-8-21(23)26(33)30(3)15-24(17)34-4/h7-12,17-19,24H,5-6,13-16H2,1-4H3,(H,29,32)/t17-,18-,24+/m0/s1. The first-order valence-corrected chi connectivity index (χ1v) is 12.2. The van der Waals surface area contributed by atoms with Gasteiger partial charge in [-0.25, -0.2) is 4.98 Å². The van der Waals surface area contributed by atoms with Crippen LogP contribution in [0.15, 0.2) is 36.8 Å². The minimum Gasteiger partial charge on any atom is -0.491 e. The minimum atomic E-state index is -0.379. The van der Waals surface area contributed by atoms with Crippen molar-refractivity contribution in [3.63, 3.8) is 0 Å². The van der Waals surface area contributed by atoms with Gasteiger partial charge in [-0.1, -0.05) is 6.92 Å². The lowest BCUT2D eigenvalue weighted by Crippen LogP contribution is -2.47. The third kappa shape index (κ3) is 6.35. The van der Waals surface area contributed by atoms with Crippen LogP contribution in [0.4, 0.5) is 5.69 Å². The first-order valence-electron chi connectivity index (χ1n) is 12.2. The smallest absolute Gasteiger partial charge is 0.275 e. The Morgan fingerprint density at radius 1 is 1.23 bits per heavy atom. The fourth-order valence-electron chi connectivity index (χ4n) is 4.42. The summed E-state index contributed by atoms with van der Waals surface area (Å²) in [5.41, 5.74) is 1.18. The van der Waals surface area contributed by atoms with Gasteiger partial charge in [0.1, 0.15) is 18.1 Å². The molecule has 35 heavy (non-hydrogen) atoms. The van der Waals surface area contributed by atoms with Crippen molar-refractivity contribution in [2.24, 2.45) is 11.8 Å². The molecular formula is C26H35N5O4. The molecule has 1 fully saturated rings. The molecule has 9 heteroatoms. The van der Waals surface area contributed by atoms with E-state index in [4.69, 9.17) is 9.47 Å². The molecule has 1 aliphatic carbocycles. The van der Waals surface area contributed by atoms with Gasteiger partial charge in [-0.05, 0) is 43.7 Å². The Kier molecular flexibility index (Phi) is 7.97. The van der Waals surface area contributed by atoms with Crippen LogP contribution in [-0.2, 0) is 4.74 Å². The molecule has 2 aliphatic rings. The van der Waals surface area contributed by atoms with Gasteiger partial charge < -0.3 is 19.7 Å². The number of carbonyl (C=O) groups excluding carboxylic acids is 2. The van der Waals surface area contributed by atoms with Crippen molar-refractivity contribution in [1.29, 1.82) is 0 Å². The van der Waals surface area contributed by atoms with E-state index in [-0.39, 0.29) is 35.6 Å². The largest absolute Gasteiger partial charge is 0.491 e. The fourth-order valence-corrected chi connectivity index (χ4v) is 4.42. The van der Waals surface area contributed by atoms with Gasteiger partial charge in [0.05, 0.1) is 17.9 Å². The lowest BCUT2D eigenvalue weighted by Gasteiger charge is -2.36. The van der Waals surface area contributed by atoms with E-state index in [0.29, 0.717) is 30.2 Å². The van der Waals surface area contributed by atoms with Crippen molar-refractivity contribution >= 4 is 17.5 Å². The van der Waals surface area contributed by atoms with Gasteiger partial charge in [-0.2, -0.15) is 0 Å². The molecule has 9 nitrogen and oxygen atoms in total. The van der Waals surface area contributed by atoms with E-state index >= 15 is 0 Å². The van der Waals surface area contributed by atoms with E-state index < -0.39 is 0 Å². The number of aromatic nitrogens is 2. The summed E-state index contributed by atoms with van der Waals surface area (Å²) < 4.78 is 12.1. The van der Waals surface area contributed by atoms with Gasteiger partial charge in [0, 0.05) is 64.0 Å². The Labute approximate surface area is 206 Å². The Balaban J connectivity index is 1.60. The number of benzene rings is 1. The summed E-state index contributed by atoms with van der Waals surface area (Å²) >= 11 is 0. The van der Waals surface area contributed by atoms with Crippen LogP contribution in [0.2, 0.25) is 0 Å². The topological polar surface area (TPSA) is 96.9 Å². The van der Waals surface area contributed by atoms with E-state index in [1.165, 1.54) is 31.4 Å². The SMILES string of the molecule is CO[C@@H]1CN(C)C(=O)c2ccc(NC(=O)c3cnccn3)cc2OC[C@H](C)N(CC2CC2)C[C@@H]1C. The number of rotatable bonds is 5. The number of nitrogens with one attached hydrogen (secondary N) is 1. The zero-order valence-electron chi connectivity index (χ0n) is 20.9. The zero-order valence-corrected chi connectivity index (χ0v) is 20.9. The lowest BCUT2D eigenvalue weighted by atomic mass is 10.0. The molecule has 3 atom stereocenters. The van der Waals surface area contributed by atoms with Crippen molar-refractivity contribution in [3.05, 3.63) is 48.0 Å². The predicted octanol–water partition coefficient (Wildman–Crippen LogP) is 2.94. The summed E-state index contributed by atoms with van der Waals surface area (Å²) in [6.45, 7) is 7.18. The zero-order chi connectivity index (χ0) is 24.9. The Morgan fingerprint density at radius 3 is 2.71 bits per heavy atom. The number of nitrogens with zero attached hydrogens (tertiary/aromatic N) is 4. The fraction of sp³-hybridized carbons (Fsp3) is 0.538. The molecule has 1 aliphatic heterocycles. The van der Waals surface area contributed by atoms with E-state index in [0.717, 1.165) is 19.0 Å². The van der Waals surface area contributed by atoms with Crippen molar-refractivity contribution < 1.29 is 19.1 Å². The van der Waals surface area contributed by atoms with Crippen LogP contribution in [0.5, 0.6) is 5.75 Å². The van der Waals surface area contributed by atoms with Crippen LogP contribution in [0.1, 0.15) is 47.5 Å². The van der Waals surface area contributed by atoms with E-state index in [1.807, 2.05) is 0 Å². The van der Waals surface area contributed by atoms with Crippen molar-refractivity contribution in [1.82, 2.24) is 19.8 Å². The number of carbonyl (C=O) groups is 2. The van der Waals surface area contributed by atoms with E-state index in [2.05, 4.69) is 34.0 Å². The maximum absolute atomic E-state index is 13.3. The second-order valence-electron chi connectivity index (χ2n) is 9.75. The second kappa shape index (κ2) is 11.1. The lowest BCUT2D eigenvalue weighted by molar-refractivity contribution is 0.00994. The molecule has 0 bridgehead atoms. The van der Waals surface area contributed by atoms with Gasteiger partial charge in [-0.3, -0.25) is 19.5 Å². The summed E-state index contributed by atoms with van der Waals surface area (Å²) in [5.74, 6) is 0.922. The van der Waals surface area contributed by atoms with Crippen LogP contribution < -0.4 is 10.1 Å². The highest BCUT2D eigenvalue weighted by Crippen LogP contribution is 2.32. The molecule has 2 aromatic rings. The maximum Gasteiger partial charge on any atom is 0.275 e. The number of likely N-dealkylation sites (N-methyl/N-ethyl adjacent to an activating group) is 1. The van der Waals surface area contributed by atoms with Crippen LogP contribution in [-0.4, -0.2) is 84.1 Å². The number of amides is 2. The number of methoxy groups -OCH3 is 1. The molecule has 2 amide bonds. The molecule has 1 aromatic heterocycles. The highest BCUT2D eigenvalue weighted by Gasteiger charge is 2.31. The molecule has 188 valence electrons. The van der Waals surface area contributed by atoms with Crippen molar-refractivity contribution in [2.45, 2.75) is 38.8 Å². The van der Waals surface area contributed by atoms with E-state index in [1.54, 1.807) is 37.3 Å². The van der Waals surface area contributed by atoms with E-state index in [9.17, 15) is 9.59 Å². The summed E-state index contributed by atoms with van der Waals surface area (Å²) in [7, 11) is 3.49. The third-order valence-electron chi connectivity index (χ3n) is 6.82. The van der Waals surface area contributed by atoms with Crippen LogP contribution >= 0.6 is 0 Å². The van der Waals surface area contributed by atoms with Crippen LogP contribution in [0, 0.1) is 11.8 Å². The molecule has 0 spiro atoms. The Morgan fingerprint density at radius 2 is 2.03 bits per heavy atom. The summed E-state index contributed by atoms with van der Waals surface area (Å²) in [5, 5.41) is 2.82. The highest BCUT2D eigenvalue weighted by molar-refractivity contribution is 6.03. The number of hydrogen-bond acceptors (Lipinski definition) is 7. The normalized spacial score (nSPS) is 24.1. The summed E-state index contributed by atoms with van der Waals surface area (Å²) in [6, 6.07) is 5.26. The molecule has 4 rings (SSSR count). The number of hydrogen-bond donors (Lipinski definition) is 1. The maximum atomic E-state index is 13.3. The molecule has 2 heterocycles. The third-order valence-corrected chi connectivity index (χ3v) is 6.82. The Hall–Kier alpha value is -3.04. The molecule has 1 saturated carbocycles. The molecule has 1 N–H and O–H groups in total. The predicted molar refractivity (Wildman–Crippen MR) is 133 cm³/mol. The number of anilines is 1. The quantitative estimate of drug-likeness (QED) is 0.701. The average molecular weight is 482 g/mol. The van der Waals surface area contributed by atoms with Gasteiger partial charge in [0.2, 0.25) is 0 Å².